The number of halogens is 7. The molecule has 1 unspecified atom stereocenters. The number of aliphatic carboxylic acids is 2. The van der Waals surface area contributed by atoms with Crippen LogP contribution in [0.25, 0.3) is 0 Å². The number of ether oxygens (including phenoxy) is 2. The molecule has 0 amide bonds. The van der Waals surface area contributed by atoms with Crippen LogP contribution in [0.5, 0.6) is 0 Å². The van der Waals surface area contributed by atoms with Gasteiger partial charge in [0.25, 0.3) is 0 Å². The van der Waals surface area contributed by atoms with Crippen molar-refractivity contribution in [1.82, 2.24) is 9.88 Å². The van der Waals surface area contributed by atoms with Gasteiger partial charge in [0.05, 0.1) is 18.3 Å². The van der Waals surface area contributed by atoms with Crippen LogP contribution in [0.3, 0.4) is 0 Å². The van der Waals surface area contributed by atoms with Gasteiger partial charge in [0, 0.05) is 45.1 Å². The lowest BCUT2D eigenvalue weighted by Gasteiger charge is -2.53. The predicted molar refractivity (Wildman–Crippen MR) is 120 cm³/mol. The number of rotatable bonds is 5. The van der Waals surface area contributed by atoms with Crippen molar-refractivity contribution in [2.45, 2.75) is 50.1 Å². The topological polar surface area (TPSA) is 109 Å². The average Bonchev–Trinajstić information content (AvgIpc) is 2.82. The molecular formula is C24H25F7N2O6. The van der Waals surface area contributed by atoms with E-state index in [2.05, 4.69) is 9.88 Å². The summed E-state index contributed by atoms with van der Waals surface area (Å²) >= 11 is 0. The molecule has 2 fully saturated rings. The van der Waals surface area contributed by atoms with Crippen LogP contribution in [0.1, 0.15) is 24.0 Å². The molecular weight excluding hydrogens is 545 g/mol. The number of carboxylic acids is 2. The molecule has 1 aromatic heterocycles. The molecule has 1 aromatic carbocycles. The standard InChI is InChI=1S/C20H23FN2O2.2C2HF3O2/c21-18-3-1-2-17(10-18)12-23-14-20(15-23)11-19(6-9-25-20)24-13-16-4-7-22-8-5-16;2*3-2(4,5)1(6)7/h1-5,7-8,10,19H,6,9,11-15H2;2*(H,6,7). The second-order valence-electron chi connectivity index (χ2n) is 8.69. The lowest BCUT2D eigenvalue weighted by atomic mass is 9.84. The molecule has 2 aliphatic heterocycles. The molecule has 8 nitrogen and oxygen atoms in total. The Morgan fingerprint density at radius 2 is 1.56 bits per heavy atom. The number of benzene rings is 1. The summed E-state index contributed by atoms with van der Waals surface area (Å²) < 4.78 is 88.9. The van der Waals surface area contributed by atoms with Crippen molar-refractivity contribution in [1.29, 1.82) is 0 Å². The van der Waals surface area contributed by atoms with Crippen molar-refractivity contribution in [3.05, 3.63) is 65.7 Å². The summed E-state index contributed by atoms with van der Waals surface area (Å²) in [7, 11) is 0. The predicted octanol–water partition coefficient (Wildman–Crippen LogP) is 4.44. The van der Waals surface area contributed by atoms with Crippen LogP contribution < -0.4 is 0 Å². The van der Waals surface area contributed by atoms with Gasteiger partial charge in [0.15, 0.2) is 0 Å². The van der Waals surface area contributed by atoms with E-state index in [1.54, 1.807) is 24.5 Å². The largest absolute Gasteiger partial charge is 0.490 e. The molecule has 0 bridgehead atoms. The fourth-order valence-electron chi connectivity index (χ4n) is 3.81. The number of pyridine rings is 1. The van der Waals surface area contributed by atoms with E-state index < -0.39 is 24.3 Å². The lowest BCUT2D eigenvalue weighted by Crippen LogP contribution is -2.65. The van der Waals surface area contributed by atoms with Gasteiger partial charge in [0.2, 0.25) is 0 Å². The van der Waals surface area contributed by atoms with Gasteiger partial charge in [-0.1, -0.05) is 12.1 Å². The van der Waals surface area contributed by atoms with E-state index in [0.29, 0.717) is 6.61 Å². The number of likely N-dealkylation sites (tertiary alicyclic amines) is 1. The molecule has 2 aliphatic rings. The van der Waals surface area contributed by atoms with Crippen LogP contribution >= 0.6 is 0 Å². The van der Waals surface area contributed by atoms with E-state index >= 15 is 0 Å². The summed E-state index contributed by atoms with van der Waals surface area (Å²) in [6.45, 7) is 3.91. The molecule has 1 atom stereocenters. The first-order chi connectivity index (χ1) is 18.1. The Hall–Kier alpha value is -3.30. The molecule has 0 aliphatic carbocycles. The average molecular weight is 570 g/mol. The highest BCUT2D eigenvalue weighted by atomic mass is 19.4. The Kier molecular flexibility index (Phi) is 11.2. The fraction of sp³-hybridized carbons (Fsp3) is 0.458. The highest BCUT2D eigenvalue weighted by molar-refractivity contribution is 5.73. The summed E-state index contributed by atoms with van der Waals surface area (Å²) in [6, 6.07) is 10.8. The Morgan fingerprint density at radius 3 is 2.08 bits per heavy atom. The summed E-state index contributed by atoms with van der Waals surface area (Å²) in [4.78, 5) is 24.1. The zero-order valence-electron chi connectivity index (χ0n) is 20.2. The molecule has 2 aromatic rings. The quantitative estimate of drug-likeness (QED) is 0.509. The number of nitrogens with zero attached hydrogens (tertiary/aromatic N) is 2. The first kappa shape index (κ1) is 31.9. The minimum Gasteiger partial charge on any atom is -0.475 e. The molecule has 0 radical (unpaired) electrons. The number of hydrogen-bond acceptors (Lipinski definition) is 6. The van der Waals surface area contributed by atoms with E-state index in [0.717, 1.165) is 50.2 Å². The Labute approximate surface area is 218 Å². The highest BCUT2D eigenvalue weighted by Gasteiger charge is 2.47. The van der Waals surface area contributed by atoms with Gasteiger partial charge in [-0.05, 0) is 41.8 Å². The highest BCUT2D eigenvalue weighted by Crippen LogP contribution is 2.36. The smallest absolute Gasteiger partial charge is 0.475 e. The normalized spacial score (nSPS) is 18.6. The first-order valence-corrected chi connectivity index (χ1v) is 11.3. The third-order valence-corrected chi connectivity index (χ3v) is 5.49. The maximum Gasteiger partial charge on any atom is 0.490 e. The van der Waals surface area contributed by atoms with Crippen LogP contribution in [-0.2, 0) is 32.2 Å². The minimum atomic E-state index is -5.08. The molecule has 3 heterocycles. The van der Waals surface area contributed by atoms with Crippen molar-refractivity contribution in [3.63, 3.8) is 0 Å². The van der Waals surface area contributed by atoms with Gasteiger partial charge in [-0.25, -0.2) is 14.0 Å². The van der Waals surface area contributed by atoms with Crippen molar-refractivity contribution >= 4 is 11.9 Å². The number of carboxylic acid groups (broad SMARTS) is 2. The van der Waals surface area contributed by atoms with Crippen molar-refractivity contribution in [3.8, 4) is 0 Å². The monoisotopic (exact) mass is 570 g/mol. The Bertz CT molecular complexity index is 1050. The number of carbonyl (C=O) groups is 2. The molecule has 0 saturated carbocycles. The molecule has 1 spiro atoms. The first-order valence-electron chi connectivity index (χ1n) is 11.3. The van der Waals surface area contributed by atoms with Gasteiger partial charge < -0.3 is 19.7 Å². The van der Waals surface area contributed by atoms with Crippen molar-refractivity contribution < 1.29 is 60.0 Å². The second kappa shape index (κ2) is 13.7. The molecule has 216 valence electrons. The number of alkyl halides is 6. The number of hydrogen-bond donors (Lipinski definition) is 2. The zero-order chi connectivity index (χ0) is 29.3. The van der Waals surface area contributed by atoms with E-state index in [9.17, 15) is 30.7 Å². The summed E-state index contributed by atoms with van der Waals surface area (Å²) in [5.41, 5.74) is 2.07. The van der Waals surface area contributed by atoms with Crippen molar-refractivity contribution in [2.24, 2.45) is 0 Å². The lowest BCUT2D eigenvalue weighted by molar-refractivity contribution is -0.200. The van der Waals surface area contributed by atoms with Gasteiger partial charge in [-0.3, -0.25) is 9.88 Å². The SMILES string of the molecule is Fc1cccc(CN2CC3(CC(OCc4ccncc4)CCO3)C2)c1.O=C(O)C(F)(F)F.O=C(O)C(F)(F)F. The minimum absolute atomic E-state index is 0.0888. The van der Waals surface area contributed by atoms with Crippen molar-refractivity contribution in [2.75, 3.05) is 19.7 Å². The second-order valence-corrected chi connectivity index (χ2v) is 8.69. The fourth-order valence-corrected chi connectivity index (χ4v) is 3.81. The Morgan fingerprint density at radius 1 is 1.00 bits per heavy atom. The molecule has 2 saturated heterocycles. The molecule has 39 heavy (non-hydrogen) atoms. The van der Waals surface area contributed by atoms with Crippen LogP contribution in [-0.4, -0.2) is 75.8 Å². The van der Waals surface area contributed by atoms with Crippen LogP contribution in [0.15, 0.2) is 48.8 Å². The molecule has 2 N–H and O–H groups in total. The number of aromatic nitrogens is 1. The summed E-state index contributed by atoms with van der Waals surface area (Å²) in [5, 5.41) is 14.2. The Balaban J connectivity index is 0.000000317. The van der Waals surface area contributed by atoms with Gasteiger partial charge in [-0.15, -0.1) is 0 Å². The zero-order valence-corrected chi connectivity index (χ0v) is 20.2. The summed E-state index contributed by atoms with van der Waals surface area (Å²) in [5.74, 6) is -5.69. The van der Waals surface area contributed by atoms with Crippen LogP contribution in [0.2, 0.25) is 0 Å². The third kappa shape index (κ3) is 11.1. The maximum absolute atomic E-state index is 13.3. The third-order valence-electron chi connectivity index (χ3n) is 5.49. The van der Waals surface area contributed by atoms with E-state index in [4.69, 9.17) is 29.3 Å². The van der Waals surface area contributed by atoms with E-state index in [1.165, 1.54) is 6.07 Å². The molecule has 15 heteroatoms. The molecule has 4 rings (SSSR count). The van der Waals surface area contributed by atoms with E-state index in [1.807, 2.05) is 18.2 Å². The van der Waals surface area contributed by atoms with Gasteiger partial charge in [-0.2, -0.15) is 26.3 Å². The van der Waals surface area contributed by atoms with Crippen LogP contribution in [0, 0.1) is 5.82 Å². The van der Waals surface area contributed by atoms with Gasteiger partial charge >= 0.3 is 24.3 Å². The van der Waals surface area contributed by atoms with E-state index in [-0.39, 0.29) is 17.5 Å². The summed E-state index contributed by atoms with van der Waals surface area (Å²) in [6.07, 6.45) is -4.48. The van der Waals surface area contributed by atoms with Crippen LogP contribution in [0.4, 0.5) is 30.7 Å². The van der Waals surface area contributed by atoms with Gasteiger partial charge in [0.1, 0.15) is 5.82 Å². The maximum atomic E-state index is 13.3.